The number of fused-ring (bicyclic) bond motifs is 1. The molecule has 0 amide bonds. The minimum atomic E-state index is 0.142. The lowest BCUT2D eigenvalue weighted by Gasteiger charge is -2.07. The van der Waals surface area contributed by atoms with E-state index in [1.807, 2.05) is 18.2 Å². The third-order valence-corrected chi connectivity index (χ3v) is 2.87. The van der Waals surface area contributed by atoms with Gasteiger partial charge in [0.05, 0.1) is 0 Å². The van der Waals surface area contributed by atoms with Gasteiger partial charge in [0.25, 0.3) is 0 Å². The quantitative estimate of drug-likeness (QED) is 0.703. The molecule has 0 aliphatic carbocycles. The number of hydrogen-bond donors (Lipinski definition) is 0. The molecule has 0 saturated carbocycles. The number of Topliss-reactive ketones (excluding diaryl/α,β-unsaturated/α-hetero) is 1. The molecule has 0 aliphatic rings. The van der Waals surface area contributed by atoms with Crippen molar-refractivity contribution in [1.82, 2.24) is 0 Å². The summed E-state index contributed by atoms with van der Waals surface area (Å²) in [5.74, 6) is 0.142. The van der Waals surface area contributed by atoms with Crippen molar-refractivity contribution >= 4 is 16.6 Å². The lowest BCUT2D eigenvalue weighted by Crippen LogP contribution is -1.95. The number of carbonyl (C=O) groups excluding carboxylic acids is 1. The van der Waals surface area contributed by atoms with Gasteiger partial charge in [0.2, 0.25) is 0 Å². The Morgan fingerprint density at radius 3 is 2.62 bits per heavy atom. The van der Waals surface area contributed by atoms with E-state index in [1.54, 1.807) is 6.92 Å². The van der Waals surface area contributed by atoms with Gasteiger partial charge in [-0.3, -0.25) is 4.79 Å². The van der Waals surface area contributed by atoms with Crippen LogP contribution in [0.3, 0.4) is 0 Å². The molecular weight excluding hydrogens is 196 g/mol. The van der Waals surface area contributed by atoms with Crippen molar-refractivity contribution in [1.29, 1.82) is 0 Å². The number of ketones is 1. The van der Waals surface area contributed by atoms with E-state index in [1.165, 1.54) is 16.3 Å². The maximum absolute atomic E-state index is 11.4. The standard InChI is InChI=1S/C15H16O/c1-3-6-12-9-14(11(2)16)10-13-7-4-5-8-15(12)13/h4-5,7-10H,3,6H2,1-2H3. The van der Waals surface area contributed by atoms with Crippen LogP contribution in [-0.2, 0) is 6.42 Å². The van der Waals surface area contributed by atoms with Crippen LogP contribution in [0.2, 0.25) is 0 Å². The zero-order valence-corrected chi connectivity index (χ0v) is 9.79. The summed E-state index contributed by atoms with van der Waals surface area (Å²) in [5, 5.41) is 2.44. The Morgan fingerprint density at radius 2 is 1.94 bits per heavy atom. The summed E-state index contributed by atoms with van der Waals surface area (Å²) in [6.45, 7) is 3.79. The van der Waals surface area contributed by atoms with Crippen molar-refractivity contribution in [2.24, 2.45) is 0 Å². The Kier molecular flexibility index (Phi) is 3.04. The van der Waals surface area contributed by atoms with Gasteiger partial charge in [0, 0.05) is 5.56 Å². The molecule has 2 aromatic carbocycles. The first kappa shape index (κ1) is 10.9. The molecule has 16 heavy (non-hydrogen) atoms. The van der Waals surface area contributed by atoms with Crippen LogP contribution in [-0.4, -0.2) is 5.78 Å². The van der Waals surface area contributed by atoms with Crippen LogP contribution in [0.25, 0.3) is 10.8 Å². The Bertz CT molecular complexity index is 526. The lowest BCUT2D eigenvalue weighted by molar-refractivity contribution is 0.101. The summed E-state index contributed by atoms with van der Waals surface area (Å²) in [4.78, 5) is 11.4. The summed E-state index contributed by atoms with van der Waals surface area (Å²) < 4.78 is 0. The molecule has 82 valence electrons. The first-order valence-corrected chi connectivity index (χ1v) is 5.75. The molecule has 0 atom stereocenters. The van der Waals surface area contributed by atoms with E-state index in [0.29, 0.717) is 0 Å². The first-order chi connectivity index (χ1) is 7.72. The molecule has 0 N–H and O–H groups in total. The molecule has 0 aromatic heterocycles. The Morgan fingerprint density at radius 1 is 1.19 bits per heavy atom. The summed E-state index contributed by atoms with van der Waals surface area (Å²) in [7, 11) is 0. The SMILES string of the molecule is CCCc1cc(C(C)=O)cc2ccccc12. The van der Waals surface area contributed by atoms with Gasteiger partial charge in [-0.1, -0.05) is 37.6 Å². The third-order valence-electron chi connectivity index (χ3n) is 2.87. The fourth-order valence-corrected chi connectivity index (χ4v) is 2.07. The van der Waals surface area contributed by atoms with Crippen LogP contribution < -0.4 is 0 Å². The molecule has 0 heterocycles. The van der Waals surface area contributed by atoms with Crippen LogP contribution >= 0.6 is 0 Å². The summed E-state index contributed by atoms with van der Waals surface area (Å²) in [6.07, 6.45) is 2.13. The average molecular weight is 212 g/mol. The van der Waals surface area contributed by atoms with Crippen LogP contribution in [0.15, 0.2) is 36.4 Å². The second-order valence-electron chi connectivity index (χ2n) is 4.16. The lowest BCUT2D eigenvalue weighted by atomic mass is 9.97. The van der Waals surface area contributed by atoms with Crippen molar-refractivity contribution in [3.05, 3.63) is 47.5 Å². The number of hydrogen-bond acceptors (Lipinski definition) is 1. The molecule has 0 unspecified atom stereocenters. The van der Waals surface area contributed by atoms with E-state index in [9.17, 15) is 4.79 Å². The van der Waals surface area contributed by atoms with Crippen molar-refractivity contribution in [2.75, 3.05) is 0 Å². The summed E-state index contributed by atoms with van der Waals surface area (Å²) in [5.41, 5.74) is 2.10. The Hall–Kier alpha value is -1.63. The zero-order valence-electron chi connectivity index (χ0n) is 9.79. The molecule has 0 fully saturated rings. The topological polar surface area (TPSA) is 17.1 Å². The summed E-state index contributed by atoms with van der Waals surface area (Å²) in [6, 6.07) is 12.3. The molecule has 2 rings (SSSR count). The third kappa shape index (κ3) is 1.99. The van der Waals surface area contributed by atoms with Gasteiger partial charge in [-0.2, -0.15) is 0 Å². The molecule has 1 heteroatoms. The fourth-order valence-electron chi connectivity index (χ4n) is 2.07. The van der Waals surface area contributed by atoms with E-state index in [0.717, 1.165) is 18.4 Å². The van der Waals surface area contributed by atoms with E-state index in [2.05, 4.69) is 25.1 Å². The zero-order chi connectivity index (χ0) is 11.5. The normalized spacial score (nSPS) is 10.6. The first-order valence-electron chi connectivity index (χ1n) is 5.75. The van der Waals surface area contributed by atoms with E-state index < -0.39 is 0 Å². The minimum Gasteiger partial charge on any atom is -0.295 e. The monoisotopic (exact) mass is 212 g/mol. The highest BCUT2D eigenvalue weighted by atomic mass is 16.1. The van der Waals surface area contributed by atoms with Crippen molar-refractivity contribution in [3.8, 4) is 0 Å². The molecule has 0 spiro atoms. The molecule has 0 radical (unpaired) electrons. The molecule has 0 aliphatic heterocycles. The predicted molar refractivity (Wildman–Crippen MR) is 67.9 cm³/mol. The molecule has 0 bridgehead atoms. The molecular formula is C15H16O. The maximum Gasteiger partial charge on any atom is 0.159 e. The van der Waals surface area contributed by atoms with Crippen molar-refractivity contribution in [2.45, 2.75) is 26.7 Å². The predicted octanol–water partition coefficient (Wildman–Crippen LogP) is 3.99. The van der Waals surface area contributed by atoms with Gasteiger partial charge in [-0.15, -0.1) is 0 Å². The van der Waals surface area contributed by atoms with Gasteiger partial charge in [0.15, 0.2) is 5.78 Å². The second-order valence-corrected chi connectivity index (χ2v) is 4.16. The van der Waals surface area contributed by atoms with E-state index >= 15 is 0 Å². The minimum absolute atomic E-state index is 0.142. The van der Waals surface area contributed by atoms with Gasteiger partial charge in [0.1, 0.15) is 0 Å². The average Bonchev–Trinajstić information content (AvgIpc) is 2.29. The smallest absolute Gasteiger partial charge is 0.159 e. The maximum atomic E-state index is 11.4. The second kappa shape index (κ2) is 4.48. The van der Waals surface area contributed by atoms with Crippen LogP contribution in [0, 0.1) is 0 Å². The van der Waals surface area contributed by atoms with Crippen LogP contribution in [0.4, 0.5) is 0 Å². The van der Waals surface area contributed by atoms with Crippen LogP contribution in [0.1, 0.15) is 36.2 Å². The number of rotatable bonds is 3. The van der Waals surface area contributed by atoms with E-state index in [-0.39, 0.29) is 5.78 Å². The number of carbonyl (C=O) groups is 1. The van der Waals surface area contributed by atoms with Gasteiger partial charge in [-0.05, 0) is 41.8 Å². The molecule has 2 aromatic rings. The highest BCUT2D eigenvalue weighted by Gasteiger charge is 2.05. The fraction of sp³-hybridized carbons (Fsp3) is 0.267. The Balaban J connectivity index is 2.68. The van der Waals surface area contributed by atoms with Crippen molar-refractivity contribution in [3.63, 3.8) is 0 Å². The highest BCUT2D eigenvalue weighted by molar-refractivity contribution is 5.99. The highest BCUT2D eigenvalue weighted by Crippen LogP contribution is 2.22. The van der Waals surface area contributed by atoms with Gasteiger partial charge in [-0.25, -0.2) is 0 Å². The number of aryl methyl sites for hydroxylation is 1. The number of benzene rings is 2. The Labute approximate surface area is 96.1 Å². The van der Waals surface area contributed by atoms with Gasteiger partial charge < -0.3 is 0 Å². The largest absolute Gasteiger partial charge is 0.295 e. The van der Waals surface area contributed by atoms with Gasteiger partial charge >= 0.3 is 0 Å². The van der Waals surface area contributed by atoms with E-state index in [4.69, 9.17) is 0 Å². The summed E-state index contributed by atoms with van der Waals surface area (Å²) >= 11 is 0. The molecule has 1 nitrogen and oxygen atoms in total. The van der Waals surface area contributed by atoms with Crippen molar-refractivity contribution < 1.29 is 4.79 Å². The van der Waals surface area contributed by atoms with Crippen LogP contribution in [0.5, 0.6) is 0 Å². The molecule has 0 saturated heterocycles.